The highest BCUT2D eigenvalue weighted by Gasteiger charge is 2.32. The van der Waals surface area contributed by atoms with E-state index in [-0.39, 0.29) is 24.7 Å². The van der Waals surface area contributed by atoms with Crippen molar-refractivity contribution in [2.75, 3.05) is 13.9 Å². The summed E-state index contributed by atoms with van der Waals surface area (Å²) in [7, 11) is 1.51. The number of rotatable bonds is 1. The monoisotopic (exact) mass is 274 g/mol. The molecule has 0 saturated carbocycles. The minimum absolute atomic E-state index is 0.0925. The Labute approximate surface area is 113 Å². The minimum Gasteiger partial charge on any atom is -0.506 e. The number of phenols is 1. The van der Waals surface area contributed by atoms with Gasteiger partial charge < -0.3 is 24.1 Å². The summed E-state index contributed by atoms with van der Waals surface area (Å²) in [6.07, 6.45) is 0. The number of fused-ring (bicyclic) bond motifs is 3. The fourth-order valence-electron chi connectivity index (χ4n) is 2.68. The van der Waals surface area contributed by atoms with Gasteiger partial charge in [0.05, 0.1) is 12.7 Å². The van der Waals surface area contributed by atoms with E-state index in [4.69, 9.17) is 18.9 Å². The minimum atomic E-state index is -0.546. The van der Waals surface area contributed by atoms with E-state index < -0.39 is 5.97 Å². The summed E-state index contributed by atoms with van der Waals surface area (Å²) in [4.78, 5) is 11.7. The zero-order valence-electron chi connectivity index (χ0n) is 10.6. The summed E-state index contributed by atoms with van der Waals surface area (Å²) < 4.78 is 21.0. The number of cyclic esters (lactones) is 1. The van der Waals surface area contributed by atoms with Gasteiger partial charge in [-0.25, -0.2) is 4.79 Å². The van der Waals surface area contributed by atoms with E-state index in [9.17, 15) is 9.90 Å². The maximum absolute atomic E-state index is 11.7. The van der Waals surface area contributed by atoms with Crippen LogP contribution in [0.5, 0.6) is 23.0 Å². The van der Waals surface area contributed by atoms with E-state index in [0.717, 1.165) is 0 Å². The Morgan fingerprint density at radius 2 is 1.85 bits per heavy atom. The lowest BCUT2D eigenvalue weighted by Gasteiger charge is -2.12. The van der Waals surface area contributed by atoms with Gasteiger partial charge in [0.25, 0.3) is 0 Å². The molecule has 0 spiro atoms. The number of esters is 1. The normalized spacial score (nSPS) is 15.3. The van der Waals surface area contributed by atoms with E-state index in [2.05, 4.69) is 0 Å². The van der Waals surface area contributed by atoms with Gasteiger partial charge in [-0.2, -0.15) is 0 Å². The lowest BCUT2D eigenvalue weighted by atomic mass is 9.98. The third-order valence-electron chi connectivity index (χ3n) is 3.58. The van der Waals surface area contributed by atoms with Gasteiger partial charge in [-0.05, 0) is 12.1 Å². The van der Waals surface area contributed by atoms with Crippen molar-refractivity contribution < 1.29 is 28.8 Å². The molecule has 4 rings (SSSR count). The van der Waals surface area contributed by atoms with Crippen LogP contribution >= 0.6 is 0 Å². The maximum Gasteiger partial charge on any atom is 0.342 e. The Hall–Kier alpha value is -2.63. The summed E-state index contributed by atoms with van der Waals surface area (Å²) in [5.74, 6) is 0.963. The zero-order chi connectivity index (χ0) is 13.9. The lowest BCUT2D eigenvalue weighted by molar-refractivity contribution is 0.0532. The lowest BCUT2D eigenvalue weighted by Crippen LogP contribution is -1.97. The van der Waals surface area contributed by atoms with Crippen molar-refractivity contribution in [3.8, 4) is 23.0 Å². The molecular formula is C14H10O6. The highest BCUT2D eigenvalue weighted by Crippen LogP contribution is 2.47. The third-order valence-corrected chi connectivity index (χ3v) is 3.58. The molecule has 0 bridgehead atoms. The molecule has 0 aliphatic carbocycles. The number of carbonyl (C=O) groups is 1. The molecule has 0 radical (unpaired) electrons. The third kappa shape index (κ3) is 1.25. The first-order valence-electron chi connectivity index (χ1n) is 6.03. The molecule has 2 aromatic rings. The van der Waals surface area contributed by atoms with Crippen LogP contribution in [0, 0.1) is 0 Å². The van der Waals surface area contributed by atoms with Gasteiger partial charge in [0.15, 0.2) is 11.5 Å². The first kappa shape index (κ1) is 11.2. The molecule has 2 aliphatic heterocycles. The number of carbonyl (C=O) groups excluding carboxylic acids is 1. The standard InChI is InChI=1S/C14H10O6/c1-17-13-7-3-10-9(19-5-20-10)2-6(7)12(15)11-8(13)4-18-14(11)16/h2-3,15H,4-5H2,1H3. The van der Waals surface area contributed by atoms with Crippen LogP contribution in [0.2, 0.25) is 0 Å². The second-order valence-electron chi connectivity index (χ2n) is 4.56. The molecule has 0 saturated heterocycles. The zero-order valence-corrected chi connectivity index (χ0v) is 10.6. The van der Waals surface area contributed by atoms with Gasteiger partial charge in [-0.1, -0.05) is 0 Å². The van der Waals surface area contributed by atoms with Crippen LogP contribution in [0.4, 0.5) is 0 Å². The van der Waals surface area contributed by atoms with Gasteiger partial charge >= 0.3 is 5.97 Å². The summed E-state index contributed by atoms with van der Waals surface area (Å²) in [5.41, 5.74) is 0.717. The Morgan fingerprint density at radius 1 is 1.15 bits per heavy atom. The molecular weight excluding hydrogens is 264 g/mol. The molecule has 1 N–H and O–H groups in total. The summed E-state index contributed by atoms with van der Waals surface area (Å²) in [6, 6.07) is 3.38. The van der Waals surface area contributed by atoms with Crippen LogP contribution in [0.3, 0.4) is 0 Å². The number of hydrogen-bond donors (Lipinski definition) is 1. The van der Waals surface area contributed by atoms with E-state index in [1.807, 2.05) is 0 Å². The van der Waals surface area contributed by atoms with Gasteiger partial charge in [0.1, 0.15) is 23.7 Å². The number of phenolic OH excluding ortho intramolecular Hbond substituents is 1. The molecule has 0 unspecified atom stereocenters. The quantitative estimate of drug-likeness (QED) is 0.801. The molecule has 0 amide bonds. The van der Waals surface area contributed by atoms with Gasteiger partial charge in [0, 0.05) is 10.8 Å². The highest BCUT2D eigenvalue weighted by molar-refractivity contribution is 6.08. The maximum atomic E-state index is 11.7. The fourth-order valence-corrected chi connectivity index (χ4v) is 2.68. The largest absolute Gasteiger partial charge is 0.506 e. The predicted octanol–water partition coefficient (Wildman–Crippen LogP) is 1.95. The Balaban J connectivity index is 2.16. The molecule has 20 heavy (non-hydrogen) atoms. The Bertz CT molecular complexity index is 764. The molecule has 102 valence electrons. The summed E-state index contributed by atoms with van der Waals surface area (Å²) >= 11 is 0. The first-order valence-corrected chi connectivity index (χ1v) is 6.03. The molecule has 2 aliphatic rings. The molecule has 2 aromatic carbocycles. The SMILES string of the molecule is COc1c2c(c(O)c3cc4c(cc13)OCO4)C(=O)OC2. The van der Waals surface area contributed by atoms with Crippen molar-refractivity contribution >= 4 is 16.7 Å². The molecule has 6 heteroatoms. The molecule has 0 atom stereocenters. The number of methoxy groups -OCH3 is 1. The number of hydrogen-bond acceptors (Lipinski definition) is 6. The van der Waals surface area contributed by atoms with Crippen LogP contribution in [0.15, 0.2) is 12.1 Å². The predicted molar refractivity (Wildman–Crippen MR) is 67.4 cm³/mol. The summed E-state index contributed by atoms with van der Waals surface area (Å²) in [6.45, 7) is 0.228. The van der Waals surface area contributed by atoms with Crippen molar-refractivity contribution in [3.63, 3.8) is 0 Å². The highest BCUT2D eigenvalue weighted by atomic mass is 16.7. The van der Waals surface area contributed by atoms with Crippen molar-refractivity contribution in [2.45, 2.75) is 6.61 Å². The Morgan fingerprint density at radius 3 is 2.55 bits per heavy atom. The van der Waals surface area contributed by atoms with Crippen LogP contribution in [-0.2, 0) is 11.3 Å². The number of ether oxygens (including phenoxy) is 4. The topological polar surface area (TPSA) is 74.2 Å². The summed E-state index contributed by atoms with van der Waals surface area (Å²) in [5, 5.41) is 11.5. The average Bonchev–Trinajstić information content (AvgIpc) is 3.04. The number of aromatic hydroxyl groups is 1. The second-order valence-corrected chi connectivity index (χ2v) is 4.56. The van der Waals surface area contributed by atoms with Gasteiger partial charge in [0.2, 0.25) is 6.79 Å². The van der Waals surface area contributed by atoms with Crippen LogP contribution in [0.25, 0.3) is 10.8 Å². The second kappa shape index (κ2) is 3.69. The van der Waals surface area contributed by atoms with Crippen LogP contribution in [0.1, 0.15) is 15.9 Å². The van der Waals surface area contributed by atoms with E-state index in [0.29, 0.717) is 33.6 Å². The smallest absolute Gasteiger partial charge is 0.342 e. The molecule has 6 nitrogen and oxygen atoms in total. The average molecular weight is 274 g/mol. The van der Waals surface area contributed by atoms with Crippen molar-refractivity contribution in [2.24, 2.45) is 0 Å². The van der Waals surface area contributed by atoms with Gasteiger partial charge in [-0.15, -0.1) is 0 Å². The molecule has 2 heterocycles. The van der Waals surface area contributed by atoms with E-state index in [1.165, 1.54) is 7.11 Å². The van der Waals surface area contributed by atoms with E-state index >= 15 is 0 Å². The first-order chi connectivity index (χ1) is 9.70. The van der Waals surface area contributed by atoms with Crippen LogP contribution in [-0.4, -0.2) is 25.0 Å². The molecule has 0 fully saturated rings. The van der Waals surface area contributed by atoms with Crippen molar-refractivity contribution in [1.29, 1.82) is 0 Å². The van der Waals surface area contributed by atoms with Crippen molar-refractivity contribution in [1.82, 2.24) is 0 Å². The Kier molecular flexibility index (Phi) is 2.07. The van der Waals surface area contributed by atoms with Gasteiger partial charge in [-0.3, -0.25) is 0 Å². The van der Waals surface area contributed by atoms with Crippen LogP contribution < -0.4 is 14.2 Å². The number of benzene rings is 2. The van der Waals surface area contributed by atoms with Crippen molar-refractivity contribution in [3.05, 3.63) is 23.3 Å². The molecule has 0 aromatic heterocycles. The van der Waals surface area contributed by atoms with E-state index in [1.54, 1.807) is 12.1 Å². The fraction of sp³-hybridized carbons (Fsp3) is 0.214.